The van der Waals surface area contributed by atoms with Crippen molar-refractivity contribution in [3.63, 3.8) is 0 Å². The number of nitrogens with zero attached hydrogens (tertiary/aromatic N) is 2. The average molecular weight is 271 g/mol. The number of alkyl halides is 1. The molecule has 15 heavy (non-hydrogen) atoms. The topological polar surface area (TPSA) is 25.4 Å². The summed E-state index contributed by atoms with van der Waals surface area (Å²) in [6, 6.07) is 4.53. The van der Waals surface area contributed by atoms with Gasteiger partial charge in [-0.15, -0.1) is 0 Å². The van der Waals surface area contributed by atoms with E-state index in [1.165, 1.54) is 12.8 Å². The number of halogens is 1. The van der Waals surface area contributed by atoms with Crippen molar-refractivity contribution in [1.29, 1.82) is 0 Å². The third-order valence-corrected chi connectivity index (χ3v) is 2.91. The number of anilines is 1. The fraction of sp³-hybridized carbons (Fsp3) is 0.545. The van der Waals surface area contributed by atoms with E-state index in [0.717, 1.165) is 23.4 Å². The summed E-state index contributed by atoms with van der Waals surface area (Å²) >= 11 is 3.48. The molecule has 0 N–H and O–H groups in total. The minimum absolute atomic E-state index is 0.659. The van der Waals surface area contributed by atoms with E-state index < -0.39 is 0 Å². The maximum Gasteiger partial charge on any atom is 0.171 e. The summed E-state index contributed by atoms with van der Waals surface area (Å²) in [5, 5.41) is 0.962. The Morgan fingerprint density at radius 3 is 3.00 bits per heavy atom. The first-order valence-corrected chi connectivity index (χ1v) is 6.30. The van der Waals surface area contributed by atoms with Crippen molar-refractivity contribution in [2.75, 3.05) is 23.9 Å². The third kappa shape index (κ3) is 2.43. The number of aromatic nitrogens is 1. The van der Waals surface area contributed by atoms with E-state index in [1.54, 1.807) is 7.11 Å². The van der Waals surface area contributed by atoms with Crippen molar-refractivity contribution in [2.45, 2.75) is 18.9 Å². The minimum Gasteiger partial charge on any atom is -0.493 e. The zero-order valence-corrected chi connectivity index (χ0v) is 10.4. The molecule has 0 atom stereocenters. The zero-order valence-electron chi connectivity index (χ0n) is 8.82. The average Bonchev–Trinajstić information content (AvgIpc) is 3.10. The largest absolute Gasteiger partial charge is 0.493 e. The molecular formula is C11H15BrN2O. The van der Waals surface area contributed by atoms with Crippen LogP contribution in [0.15, 0.2) is 18.3 Å². The lowest BCUT2D eigenvalue weighted by molar-refractivity contribution is 0.412. The first-order valence-electron chi connectivity index (χ1n) is 5.18. The Morgan fingerprint density at radius 2 is 2.40 bits per heavy atom. The second kappa shape index (κ2) is 4.84. The summed E-state index contributed by atoms with van der Waals surface area (Å²) < 4.78 is 5.33. The van der Waals surface area contributed by atoms with Crippen LogP contribution >= 0.6 is 15.9 Å². The molecule has 0 aromatic carbocycles. The molecule has 0 radical (unpaired) electrons. The first kappa shape index (κ1) is 10.7. The first-order chi connectivity index (χ1) is 7.36. The summed E-state index contributed by atoms with van der Waals surface area (Å²) in [5.41, 5.74) is 0. The van der Waals surface area contributed by atoms with Gasteiger partial charge in [-0.1, -0.05) is 15.9 Å². The summed E-state index contributed by atoms with van der Waals surface area (Å²) in [7, 11) is 1.69. The molecule has 82 valence electrons. The van der Waals surface area contributed by atoms with Crippen molar-refractivity contribution < 1.29 is 4.74 Å². The molecule has 1 aromatic rings. The van der Waals surface area contributed by atoms with E-state index in [4.69, 9.17) is 4.74 Å². The molecule has 1 fully saturated rings. The number of pyridine rings is 1. The summed E-state index contributed by atoms with van der Waals surface area (Å²) in [5.74, 6) is 1.84. The van der Waals surface area contributed by atoms with Crippen molar-refractivity contribution in [2.24, 2.45) is 0 Å². The molecule has 1 aromatic heterocycles. The van der Waals surface area contributed by atoms with Gasteiger partial charge in [-0.3, -0.25) is 0 Å². The Morgan fingerprint density at radius 1 is 1.60 bits per heavy atom. The molecule has 0 unspecified atom stereocenters. The van der Waals surface area contributed by atoms with Gasteiger partial charge >= 0.3 is 0 Å². The summed E-state index contributed by atoms with van der Waals surface area (Å²) in [6.07, 6.45) is 4.36. The van der Waals surface area contributed by atoms with Crippen molar-refractivity contribution in [1.82, 2.24) is 4.98 Å². The normalized spacial score (nSPS) is 15.1. The molecule has 3 nitrogen and oxygen atoms in total. The molecule has 1 heterocycles. The van der Waals surface area contributed by atoms with Crippen LogP contribution in [0.3, 0.4) is 0 Å². The van der Waals surface area contributed by atoms with Gasteiger partial charge < -0.3 is 9.64 Å². The van der Waals surface area contributed by atoms with Crippen LogP contribution in [0.4, 0.5) is 5.82 Å². The molecule has 1 aliphatic carbocycles. The zero-order chi connectivity index (χ0) is 10.7. The molecule has 2 rings (SSSR count). The van der Waals surface area contributed by atoms with E-state index in [2.05, 4.69) is 25.8 Å². The van der Waals surface area contributed by atoms with Crippen LogP contribution in [0.1, 0.15) is 12.8 Å². The van der Waals surface area contributed by atoms with Gasteiger partial charge in [-0.25, -0.2) is 4.98 Å². The lowest BCUT2D eigenvalue weighted by Crippen LogP contribution is -2.28. The minimum atomic E-state index is 0.659. The Hall–Kier alpha value is -0.770. The molecular weight excluding hydrogens is 256 g/mol. The smallest absolute Gasteiger partial charge is 0.171 e. The molecule has 0 spiro atoms. The maximum atomic E-state index is 5.33. The van der Waals surface area contributed by atoms with Gasteiger partial charge in [0.05, 0.1) is 7.11 Å². The number of rotatable bonds is 5. The van der Waals surface area contributed by atoms with Crippen LogP contribution < -0.4 is 9.64 Å². The van der Waals surface area contributed by atoms with Gasteiger partial charge in [-0.05, 0) is 25.0 Å². The molecule has 0 bridgehead atoms. The van der Waals surface area contributed by atoms with Gasteiger partial charge in [0, 0.05) is 24.1 Å². The quantitative estimate of drug-likeness (QED) is 0.769. The highest BCUT2D eigenvalue weighted by atomic mass is 79.9. The highest BCUT2D eigenvalue weighted by Gasteiger charge is 2.30. The molecule has 0 amide bonds. The van der Waals surface area contributed by atoms with Crippen molar-refractivity contribution >= 4 is 21.7 Å². The van der Waals surface area contributed by atoms with Gasteiger partial charge in [-0.2, -0.15) is 0 Å². The van der Waals surface area contributed by atoms with Crippen LogP contribution in [0, 0.1) is 0 Å². The van der Waals surface area contributed by atoms with Gasteiger partial charge in [0.1, 0.15) is 0 Å². The van der Waals surface area contributed by atoms with Crippen molar-refractivity contribution in [3.05, 3.63) is 18.3 Å². The highest BCUT2D eigenvalue weighted by molar-refractivity contribution is 9.09. The predicted molar refractivity (Wildman–Crippen MR) is 65.0 cm³/mol. The van der Waals surface area contributed by atoms with Gasteiger partial charge in [0.25, 0.3) is 0 Å². The third-order valence-electron chi connectivity index (χ3n) is 2.56. The molecule has 1 saturated carbocycles. The number of hydrogen-bond donors (Lipinski definition) is 0. The number of hydrogen-bond acceptors (Lipinski definition) is 3. The van der Waals surface area contributed by atoms with Crippen LogP contribution in [-0.4, -0.2) is 30.0 Å². The summed E-state index contributed by atoms with van der Waals surface area (Å²) in [4.78, 5) is 6.74. The van der Waals surface area contributed by atoms with Crippen molar-refractivity contribution in [3.8, 4) is 5.75 Å². The highest BCUT2D eigenvalue weighted by Crippen LogP contribution is 2.34. The van der Waals surface area contributed by atoms with Crippen LogP contribution in [0.25, 0.3) is 0 Å². The lowest BCUT2D eigenvalue weighted by Gasteiger charge is -2.23. The Kier molecular flexibility index (Phi) is 3.46. The molecule has 0 saturated heterocycles. The fourth-order valence-corrected chi connectivity index (χ4v) is 2.08. The van der Waals surface area contributed by atoms with Crippen LogP contribution in [-0.2, 0) is 0 Å². The SMILES string of the molecule is COc1cccnc1N(CCBr)C1CC1. The Balaban J connectivity index is 2.23. The van der Waals surface area contributed by atoms with E-state index in [-0.39, 0.29) is 0 Å². The van der Waals surface area contributed by atoms with Gasteiger partial charge in [0.15, 0.2) is 11.6 Å². The van der Waals surface area contributed by atoms with Gasteiger partial charge in [0.2, 0.25) is 0 Å². The maximum absolute atomic E-state index is 5.33. The predicted octanol–water partition coefficient (Wildman–Crippen LogP) is 2.45. The number of ether oxygens (including phenoxy) is 1. The number of methoxy groups -OCH3 is 1. The monoisotopic (exact) mass is 270 g/mol. The second-order valence-corrected chi connectivity index (χ2v) is 4.44. The van der Waals surface area contributed by atoms with E-state index in [9.17, 15) is 0 Å². The van der Waals surface area contributed by atoms with Crippen LogP contribution in [0.2, 0.25) is 0 Å². The second-order valence-electron chi connectivity index (χ2n) is 3.64. The molecule has 1 aliphatic rings. The fourth-order valence-electron chi connectivity index (χ4n) is 1.70. The Bertz CT molecular complexity index is 328. The molecule has 4 heteroatoms. The van der Waals surface area contributed by atoms with E-state index in [1.807, 2.05) is 18.3 Å². The summed E-state index contributed by atoms with van der Waals surface area (Å²) in [6.45, 7) is 0.984. The van der Waals surface area contributed by atoms with E-state index in [0.29, 0.717) is 6.04 Å². The Labute approximate surface area is 98.6 Å². The molecule has 0 aliphatic heterocycles. The standard InChI is InChI=1S/C11H15BrN2O/c1-15-10-3-2-7-13-11(10)14(8-6-12)9-4-5-9/h2-3,7,9H,4-6,8H2,1H3. The lowest BCUT2D eigenvalue weighted by atomic mass is 10.3. The van der Waals surface area contributed by atoms with Crippen LogP contribution in [0.5, 0.6) is 5.75 Å². The van der Waals surface area contributed by atoms with E-state index >= 15 is 0 Å².